The highest BCUT2D eigenvalue weighted by Gasteiger charge is 2.13. The van der Waals surface area contributed by atoms with Crippen LogP contribution in [0.15, 0.2) is 41.9 Å². The maximum absolute atomic E-state index is 11.7. The quantitative estimate of drug-likeness (QED) is 0.551. The van der Waals surface area contributed by atoms with Crippen LogP contribution in [0.3, 0.4) is 0 Å². The number of hydrogen-bond acceptors (Lipinski definition) is 4. The fraction of sp³-hybridized carbons (Fsp3) is 0.188. The van der Waals surface area contributed by atoms with Crippen LogP contribution in [0.4, 0.5) is 0 Å². The van der Waals surface area contributed by atoms with Gasteiger partial charge in [-0.05, 0) is 30.7 Å². The topological polar surface area (TPSA) is 96.6 Å². The molecule has 0 fully saturated rings. The molecule has 1 atom stereocenters. The van der Waals surface area contributed by atoms with Gasteiger partial charge in [0.05, 0.1) is 28.2 Å². The van der Waals surface area contributed by atoms with Crippen molar-refractivity contribution in [2.45, 2.75) is 12.1 Å². The van der Waals surface area contributed by atoms with Gasteiger partial charge >= 0.3 is 0 Å². The van der Waals surface area contributed by atoms with Crippen LogP contribution < -0.4 is 0 Å². The van der Waals surface area contributed by atoms with Gasteiger partial charge in [-0.25, -0.2) is 14.5 Å². The van der Waals surface area contributed by atoms with Crippen molar-refractivity contribution >= 4 is 27.3 Å². The highest BCUT2D eigenvalue weighted by atomic mass is 32.2. The predicted molar refractivity (Wildman–Crippen MR) is 93.4 cm³/mol. The molecule has 0 bridgehead atoms. The molecular weight excluding hydrogens is 326 g/mol. The van der Waals surface area contributed by atoms with E-state index in [1.165, 1.54) is 0 Å². The maximum Gasteiger partial charge on any atom is 0.237 e. The number of aromatic nitrogens is 5. The van der Waals surface area contributed by atoms with Gasteiger partial charge in [0.2, 0.25) is 5.16 Å². The summed E-state index contributed by atoms with van der Waals surface area (Å²) in [7, 11) is 0.753. The van der Waals surface area contributed by atoms with Crippen LogP contribution in [0, 0.1) is 6.92 Å². The third-order valence-corrected chi connectivity index (χ3v) is 4.66. The van der Waals surface area contributed by atoms with Gasteiger partial charge in [0.25, 0.3) is 0 Å². The summed E-state index contributed by atoms with van der Waals surface area (Å²) in [6.07, 6.45) is 7.13. The molecule has 0 aliphatic carbocycles. The number of nitrogens with zero attached hydrogens (tertiary/aromatic N) is 5. The first-order valence-corrected chi connectivity index (χ1v) is 8.70. The Balaban J connectivity index is 0.00000169. The van der Waals surface area contributed by atoms with Crippen LogP contribution >= 0.6 is 0 Å². The molecule has 4 heterocycles. The number of fused-ring (bicyclic) bond motifs is 2. The third kappa shape index (κ3) is 2.40. The molecule has 2 N–H and O–H groups in total. The normalized spacial score (nSPS) is 12.5. The lowest BCUT2D eigenvalue weighted by Gasteiger charge is -2.04. The summed E-state index contributed by atoms with van der Waals surface area (Å²) in [5.41, 5.74) is 4.81. The largest absolute Gasteiger partial charge is 0.412 e. The lowest BCUT2D eigenvalue weighted by molar-refractivity contribution is 0.672. The van der Waals surface area contributed by atoms with E-state index in [0.717, 1.165) is 33.4 Å². The monoisotopic (exact) mass is 343 g/mol. The number of rotatable bonds is 2. The van der Waals surface area contributed by atoms with Crippen molar-refractivity contribution in [1.82, 2.24) is 24.1 Å². The molecule has 24 heavy (non-hydrogen) atoms. The van der Waals surface area contributed by atoms with E-state index in [2.05, 4.69) is 27.2 Å². The van der Waals surface area contributed by atoms with Crippen molar-refractivity contribution < 1.29 is 9.69 Å². The molecule has 0 aliphatic rings. The molecule has 0 amide bonds. The molecule has 0 spiro atoms. The van der Waals surface area contributed by atoms with E-state index in [1.54, 1.807) is 17.0 Å². The third-order valence-electron chi connectivity index (χ3n) is 3.96. The average Bonchev–Trinajstić information content (AvgIpc) is 3.08. The smallest absolute Gasteiger partial charge is 0.237 e. The van der Waals surface area contributed by atoms with Crippen molar-refractivity contribution in [3.05, 3.63) is 42.4 Å². The van der Waals surface area contributed by atoms with Crippen LogP contribution in [0.5, 0.6) is 0 Å². The molecule has 0 aliphatic heterocycles. The van der Waals surface area contributed by atoms with Gasteiger partial charge < -0.3 is 10.0 Å². The minimum absolute atomic E-state index is 0. The predicted octanol–water partition coefficient (Wildman–Crippen LogP) is 1.50. The maximum atomic E-state index is 11.7. The average molecular weight is 343 g/mol. The molecule has 4 aromatic heterocycles. The number of hydrogen-bond donors (Lipinski definition) is 0. The first kappa shape index (κ1) is 16.3. The van der Waals surface area contributed by atoms with E-state index >= 15 is 0 Å². The van der Waals surface area contributed by atoms with E-state index in [9.17, 15) is 4.21 Å². The summed E-state index contributed by atoms with van der Waals surface area (Å²) in [5, 5.41) is 5.83. The Hall–Kier alpha value is -2.58. The summed E-state index contributed by atoms with van der Waals surface area (Å²) in [6.45, 7) is 2.01. The van der Waals surface area contributed by atoms with Crippen LogP contribution in [-0.2, 0) is 17.8 Å². The second-order valence-corrected chi connectivity index (χ2v) is 6.84. The van der Waals surface area contributed by atoms with Crippen LogP contribution in [0.2, 0.25) is 0 Å². The molecule has 8 heteroatoms. The van der Waals surface area contributed by atoms with Crippen LogP contribution in [0.25, 0.3) is 27.8 Å². The van der Waals surface area contributed by atoms with Gasteiger partial charge in [-0.2, -0.15) is 0 Å². The van der Waals surface area contributed by atoms with Crippen molar-refractivity contribution in [1.29, 1.82) is 0 Å². The van der Waals surface area contributed by atoms with Crippen molar-refractivity contribution in [3.8, 4) is 11.3 Å². The fourth-order valence-corrected chi connectivity index (χ4v) is 3.16. The second-order valence-electron chi connectivity index (χ2n) is 5.57. The Labute approximate surface area is 140 Å². The summed E-state index contributed by atoms with van der Waals surface area (Å²) < 4.78 is 15.5. The van der Waals surface area contributed by atoms with Crippen LogP contribution in [-0.4, -0.2) is 40.1 Å². The van der Waals surface area contributed by atoms with E-state index in [4.69, 9.17) is 0 Å². The molecular formula is C16H17N5O2S. The molecule has 4 rings (SSSR count). The van der Waals surface area contributed by atoms with Crippen molar-refractivity contribution in [2.24, 2.45) is 7.05 Å². The van der Waals surface area contributed by atoms with Gasteiger partial charge in [0.1, 0.15) is 5.65 Å². The Kier molecular flexibility index (Phi) is 3.94. The molecule has 1 unspecified atom stereocenters. The Morgan fingerprint density at radius 1 is 1.17 bits per heavy atom. The molecule has 0 radical (unpaired) electrons. The molecule has 0 saturated heterocycles. The first-order valence-electron chi connectivity index (χ1n) is 7.15. The highest BCUT2D eigenvalue weighted by Crippen LogP contribution is 2.27. The minimum Gasteiger partial charge on any atom is -0.412 e. The Morgan fingerprint density at radius 3 is 2.71 bits per heavy atom. The highest BCUT2D eigenvalue weighted by molar-refractivity contribution is 7.84. The Morgan fingerprint density at radius 2 is 1.96 bits per heavy atom. The summed E-state index contributed by atoms with van der Waals surface area (Å²) in [4.78, 5) is 8.71. The number of pyridine rings is 1. The van der Waals surface area contributed by atoms with Gasteiger partial charge in [0, 0.05) is 36.6 Å². The molecule has 124 valence electrons. The standard InChI is InChI=1S/C16H15N5OS.H2O/c1-10-6-13(21-14(10)9-18-16(19-21)23(3)22)12-7-11-4-5-20(2)15(11)17-8-12;/h4-9H,1-3H3;1H2. The zero-order valence-electron chi connectivity index (χ0n) is 13.5. The van der Waals surface area contributed by atoms with Crippen molar-refractivity contribution in [2.75, 3.05) is 6.26 Å². The molecule has 0 aromatic carbocycles. The lowest BCUT2D eigenvalue weighted by Crippen LogP contribution is -2.03. The minimum atomic E-state index is -1.22. The van der Waals surface area contributed by atoms with E-state index < -0.39 is 10.8 Å². The van der Waals surface area contributed by atoms with Gasteiger partial charge in [-0.3, -0.25) is 4.21 Å². The first-order chi connectivity index (χ1) is 11.0. The summed E-state index contributed by atoms with van der Waals surface area (Å²) in [6, 6.07) is 6.18. The molecule has 7 nitrogen and oxygen atoms in total. The Bertz CT molecular complexity index is 1080. The van der Waals surface area contributed by atoms with Gasteiger partial charge in [-0.15, -0.1) is 5.10 Å². The van der Waals surface area contributed by atoms with E-state index in [-0.39, 0.29) is 5.48 Å². The second kappa shape index (κ2) is 5.81. The fourth-order valence-electron chi connectivity index (χ4n) is 2.76. The molecule has 0 saturated carbocycles. The van der Waals surface area contributed by atoms with Crippen molar-refractivity contribution in [3.63, 3.8) is 0 Å². The van der Waals surface area contributed by atoms with Crippen LogP contribution in [0.1, 0.15) is 5.56 Å². The van der Waals surface area contributed by atoms with E-state index in [1.807, 2.05) is 37.0 Å². The number of aryl methyl sites for hydroxylation is 2. The van der Waals surface area contributed by atoms with E-state index in [0.29, 0.717) is 5.16 Å². The van der Waals surface area contributed by atoms with Gasteiger partial charge in [0.15, 0.2) is 0 Å². The lowest BCUT2D eigenvalue weighted by atomic mass is 10.1. The zero-order chi connectivity index (χ0) is 16.1. The SMILES string of the molecule is Cc1cc(-c2cnc3c(ccn3C)c2)n2nc(S(C)=O)ncc12.O. The summed E-state index contributed by atoms with van der Waals surface area (Å²) >= 11 is 0. The zero-order valence-corrected chi connectivity index (χ0v) is 14.3. The van der Waals surface area contributed by atoms with Gasteiger partial charge in [-0.1, -0.05) is 0 Å². The summed E-state index contributed by atoms with van der Waals surface area (Å²) in [5.74, 6) is 0. The molecule has 4 aromatic rings.